The Hall–Kier alpha value is -0.870. The lowest BCUT2D eigenvalue weighted by Gasteiger charge is -2.17. The van der Waals surface area contributed by atoms with E-state index in [0.717, 1.165) is 11.1 Å². The molecule has 0 fully saturated rings. The van der Waals surface area contributed by atoms with E-state index in [1.807, 2.05) is 26.0 Å². The van der Waals surface area contributed by atoms with E-state index in [1.165, 1.54) is 0 Å². The van der Waals surface area contributed by atoms with Gasteiger partial charge in [0.05, 0.1) is 10.1 Å². The maximum absolute atomic E-state index is 12.3. The third kappa shape index (κ3) is 1.57. The van der Waals surface area contributed by atoms with Gasteiger partial charge in [-0.25, -0.2) is 8.42 Å². The van der Waals surface area contributed by atoms with Crippen molar-refractivity contribution in [3.05, 3.63) is 29.3 Å². The lowest BCUT2D eigenvalue weighted by molar-refractivity contribution is 0.534. The number of hydrogen-bond donors (Lipinski definition) is 1. The summed E-state index contributed by atoms with van der Waals surface area (Å²) in [6, 6.07) is 5.50. The minimum atomic E-state index is -3.14. The highest BCUT2D eigenvalue weighted by Gasteiger charge is 2.40. The van der Waals surface area contributed by atoms with Crippen molar-refractivity contribution in [2.75, 3.05) is 7.05 Å². The minimum Gasteiger partial charge on any atom is -0.316 e. The molecule has 0 aromatic heterocycles. The van der Waals surface area contributed by atoms with E-state index >= 15 is 0 Å². The molecule has 1 aliphatic heterocycles. The number of aryl methyl sites for hydroxylation is 1. The van der Waals surface area contributed by atoms with Gasteiger partial charge in [0.2, 0.25) is 0 Å². The highest BCUT2D eigenvalue weighted by Crippen LogP contribution is 2.34. The smallest absolute Gasteiger partial charge is 0.183 e. The Morgan fingerprint density at radius 2 is 2.12 bits per heavy atom. The summed E-state index contributed by atoms with van der Waals surface area (Å²) in [7, 11) is -1.34. The second-order valence-corrected chi connectivity index (χ2v) is 6.55. The molecule has 1 aromatic rings. The zero-order valence-electron chi connectivity index (χ0n) is 9.82. The van der Waals surface area contributed by atoms with Crippen LogP contribution in [0.2, 0.25) is 0 Å². The van der Waals surface area contributed by atoms with Gasteiger partial charge in [0.1, 0.15) is 0 Å². The molecule has 1 N–H and O–H groups in total. The molecule has 1 aromatic carbocycles. The number of fused-ring (bicyclic) bond motifs is 1. The van der Waals surface area contributed by atoms with Gasteiger partial charge in [-0.3, -0.25) is 0 Å². The largest absolute Gasteiger partial charge is 0.316 e. The topological polar surface area (TPSA) is 46.2 Å². The first-order chi connectivity index (χ1) is 7.48. The molecule has 88 valence electrons. The van der Waals surface area contributed by atoms with Crippen LogP contribution in [0.15, 0.2) is 23.1 Å². The molecule has 1 aliphatic rings. The Bertz CT molecular complexity index is 508. The van der Waals surface area contributed by atoms with E-state index in [1.54, 1.807) is 13.1 Å². The summed E-state index contributed by atoms with van der Waals surface area (Å²) in [4.78, 5) is 0.527. The highest BCUT2D eigenvalue weighted by atomic mass is 32.2. The van der Waals surface area contributed by atoms with Crippen molar-refractivity contribution < 1.29 is 8.42 Å². The van der Waals surface area contributed by atoms with Crippen LogP contribution in [-0.2, 0) is 16.3 Å². The minimum absolute atomic E-state index is 0.0169. The summed E-state index contributed by atoms with van der Waals surface area (Å²) < 4.78 is 24.6. The monoisotopic (exact) mass is 239 g/mol. The molecule has 2 unspecified atom stereocenters. The second kappa shape index (κ2) is 3.86. The Balaban J connectivity index is 2.54. The first-order valence-electron chi connectivity index (χ1n) is 5.48. The summed E-state index contributed by atoms with van der Waals surface area (Å²) >= 11 is 0. The van der Waals surface area contributed by atoms with Crippen LogP contribution in [-0.4, -0.2) is 26.8 Å². The Kier molecular flexibility index (Phi) is 2.80. The molecule has 4 heteroatoms. The van der Waals surface area contributed by atoms with Crippen molar-refractivity contribution in [1.82, 2.24) is 5.32 Å². The van der Waals surface area contributed by atoms with Crippen LogP contribution in [0.4, 0.5) is 0 Å². The average Bonchev–Trinajstić information content (AvgIpc) is 2.52. The maximum Gasteiger partial charge on any atom is 0.183 e. The van der Waals surface area contributed by atoms with E-state index in [0.29, 0.717) is 11.3 Å². The first kappa shape index (κ1) is 11.6. The SMILES string of the molecule is CNC(C)C1Cc2c(C)cccc2S1(=O)=O. The number of hydrogen-bond acceptors (Lipinski definition) is 3. The fourth-order valence-corrected chi connectivity index (χ4v) is 4.55. The molecule has 2 rings (SSSR count). The molecule has 0 bridgehead atoms. The molecular formula is C12H17NO2S. The quantitative estimate of drug-likeness (QED) is 0.846. The maximum atomic E-state index is 12.3. The van der Waals surface area contributed by atoms with Crippen LogP contribution in [0.1, 0.15) is 18.1 Å². The molecule has 0 saturated carbocycles. The summed E-state index contributed by atoms with van der Waals surface area (Å²) in [5.74, 6) is 0. The lowest BCUT2D eigenvalue weighted by Crippen LogP contribution is -2.38. The highest BCUT2D eigenvalue weighted by molar-refractivity contribution is 7.92. The van der Waals surface area contributed by atoms with Gasteiger partial charge in [-0.2, -0.15) is 0 Å². The Morgan fingerprint density at radius 3 is 2.69 bits per heavy atom. The summed E-state index contributed by atoms with van der Waals surface area (Å²) in [5.41, 5.74) is 2.07. The summed E-state index contributed by atoms with van der Waals surface area (Å²) in [5, 5.41) is 2.71. The van der Waals surface area contributed by atoms with E-state index in [4.69, 9.17) is 0 Å². The van der Waals surface area contributed by atoms with Crippen molar-refractivity contribution in [2.24, 2.45) is 0 Å². The third-order valence-corrected chi connectivity index (χ3v) is 5.86. The van der Waals surface area contributed by atoms with E-state index in [-0.39, 0.29) is 11.3 Å². The van der Waals surface area contributed by atoms with Crippen molar-refractivity contribution >= 4 is 9.84 Å². The van der Waals surface area contributed by atoms with Gasteiger partial charge in [0, 0.05) is 6.04 Å². The van der Waals surface area contributed by atoms with Crippen LogP contribution in [0.25, 0.3) is 0 Å². The second-order valence-electron chi connectivity index (χ2n) is 4.42. The van der Waals surface area contributed by atoms with Crippen molar-refractivity contribution in [2.45, 2.75) is 36.5 Å². The number of nitrogens with one attached hydrogen (secondary N) is 1. The molecular weight excluding hydrogens is 222 g/mol. The average molecular weight is 239 g/mol. The normalized spacial score (nSPS) is 24.1. The zero-order valence-corrected chi connectivity index (χ0v) is 10.6. The fourth-order valence-electron chi connectivity index (χ4n) is 2.31. The molecule has 1 heterocycles. The first-order valence-corrected chi connectivity index (χ1v) is 7.02. The van der Waals surface area contributed by atoms with E-state index in [2.05, 4.69) is 5.32 Å². The molecule has 16 heavy (non-hydrogen) atoms. The Labute approximate surface area is 96.8 Å². The molecule has 0 radical (unpaired) electrons. The predicted octanol–water partition coefficient (Wildman–Crippen LogP) is 1.30. The predicted molar refractivity (Wildman–Crippen MR) is 64.4 cm³/mol. The molecule has 2 atom stereocenters. The van der Waals surface area contributed by atoms with Gasteiger partial charge in [-0.1, -0.05) is 12.1 Å². The molecule has 3 nitrogen and oxygen atoms in total. The lowest BCUT2D eigenvalue weighted by atomic mass is 10.0. The molecule has 0 aliphatic carbocycles. The number of sulfone groups is 1. The van der Waals surface area contributed by atoms with E-state index in [9.17, 15) is 8.42 Å². The molecule has 0 saturated heterocycles. The standard InChI is InChI=1S/C12H17NO2S/c1-8-5-4-6-11-10(8)7-12(9(2)13-3)16(11,14)15/h4-6,9,12-13H,7H2,1-3H3. The van der Waals surface area contributed by atoms with Gasteiger partial charge in [-0.05, 0) is 44.5 Å². The fraction of sp³-hybridized carbons (Fsp3) is 0.500. The van der Waals surface area contributed by atoms with Crippen molar-refractivity contribution in [3.8, 4) is 0 Å². The van der Waals surface area contributed by atoms with Crippen LogP contribution in [0.5, 0.6) is 0 Å². The zero-order chi connectivity index (χ0) is 11.9. The van der Waals surface area contributed by atoms with Gasteiger partial charge >= 0.3 is 0 Å². The number of rotatable bonds is 2. The van der Waals surface area contributed by atoms with Gasteiger partial charge in [-0.15, -0.1) is 0 Å². The van der Waals surface area contributed by atoms with Crippen molar-refractivity contribution in [1.29, 1.82) is 0 Å². The summed E-state index contributed by atoms with van der Waals surface area (Å²) in [6.45, 7) is 3.89. The third-order valence-electron chi connectivity index (χ3n) is 3.49. The van der Waals surface area contributed by atoms with Crippen LogP contribution in [0, 0.1) is 6.92 Å². The van der Waals surface area contributed by atoms with Gasteiger partial charge < -0.3 is 5.32 Å². The molecule has 0 amide bonds. The van der Waals surface area contributed by atoms with Crippen molar-refractivity contribution in [3.63, 3.8) is 0 Å². The van der Waals surface area contributed by atoms with Gasteiger partial charge in [0.25, 0.3) is 0 Å². The summed E-state index contributed by atoms with van der Waals surface area (Å²) in [6.07, 6.45) is 0.631. The van der Waals surface area contributed by atoms with Crippen LogP contribution < -0.4 is 5.32 Å². The van der Waals surface area contributed by atoms with Crippen LogP contribution >= 0.6 is 0 Å². The Morgan fingerprint density at radius 1 is 1.44 bits per heavy atom. The van der Waals surface area contributed by atoms with E-state index < -0.39 is 9.84 Å². The van der Waals surface area contributed by atoms with Gasteiger partial charge in [0.15, 0.2) is 9.84 Å². The molecule has 0 spiro atoms. The number of benzene rings is 1. The van der Waals surface area contributed by atoms with Crippen LogP contribution in [0.3, 0.4) is 0 Å².